The Labute approximate surface area is 277 Å². The number of aliphatic carboxylic acids is 1. The van der Waals surface area contributed by atoms with E-state index in [1.54, 1.807) is 10.9 Å². The molecule has 2 saturated heterocycles. The number of ether oxygens (including phenoxy) is 1. The molecule has 1 aromatic heterocycles. The van der Waals surface area contributed by atoms with Crippen LogP contribution in [0.1, 0.15) is 22.4 Å². The molecule has 0 aliphatic carbocycles. The summed E-state index contributed by atoms with van der Waals surface area (Å²) < 4.78 is 4.80. The zero-order valence-corrected chi connectivity index (χ0v) is 26.4. The van der Waals surface area contributed by atoms with E-state index in [0.717, 1.165) is 16.7 Å². The Morgan fingerprint density at radius 1 is 1.00 bits per heavy atom. The summed E-state index contributed by atoms with van der Waals surface area (Å²) in [5.41, 5.74) is 6.24. The summed E-state index contributed by atoms with van der Waals surface area (Å²) in [5, 5.41) is 18.2. The molecule has 240 valence electrons. The van der Waals surface area contributed by atoms with Crippen LogP contribution in [0, 0.1) is 5.41 Å². The SMILES string of the molecule is NC(=O)OCC1(C(=O)O)CS[C@@H]2C(NC(=O)C(=NOC(c3ccccc3)(c3ccccc3)c3ccccc3)c3cscn3)C(=O)N2C1. The van der Waals surface area contributed by atoms with Gasteiger partial charge in [0.05, 0.1) is 5.51 Å². The lowest BCUT2D eigenvalue weighted by molar-refractivity contribution is -0.160. The number of hydrogen-bond acceptors (Lipinski definition) is 10. The number of nitrogens with two attached hydrogens (primary N) is 1. The third-order valence-electron chi connectivity index (χ3n) is 8.08. The Bertz CT molecular complexity index is 1700. The van der Waals surface area contributed by atoms with Crippen molar-refractivity contribution < 1.29 is 33.9 Å². The van der Waals surface area contributed by atoms with Gasteiger partial charge in [0.25, 0.3) is 5.91 Å². The quantitative estimate of drug-likeness (QED) is 0.0935. The molecule has 12 nitrogen and oxygen atoms in total. The van der Waals surface area contributed by atoms with Crippen LogP contribution >= 0.6 is 23.1 Å². The maximum atomic E-state index is 13.9. The Balaban J connectivity index is 1.31. The minimum Gasteiger partial charge on any atom is -0.481 e. The van der Waals surface area contributed by atoms with Gasteiger partial charge >= 0.3 is 12.1 Å². The van der Waals surface area contributed by atoms with Crippen LogP contribution in [-0.4, -0.2) is 74.9 Å². The largest absolute Gasteiger partial charge is 0.481 e. The third kappa shape index (κ3) is 6.04. The first-order valence-electron chi connectivity index (χ1n) is 14.4. The van der Waals surface area contributed by atoms with E-state index in [0.29, 0.717) is 0 Å². The zero-order chi connectivity index (χ0) is 33.0. The molecule has 47 heavy (non-hydrogen) atoms. The molecule has 2 unspecified atom stereocenters. The summed E-state index contributed by atoms with van der Waals surface area (Å²) in [6, 6.07) is 27.6. The number of aromatic nitrogens is 1. The van der Waals surface area contributed by atoms with Crippen LogP contribution in [0.2, 0.25) is 0 Å². The second-order valence-corrected chi connectivity index (χ2v) is 12.8. The Kier molecular flexibility index (Phi) is 8.96. The molecular weight excluding hydrogens is 643 g/mol. The highest BCUT2D eigenvalue weighted by Crippen LogP contribution is 2.43. The van der Waals surface area contributed by atoms with Crippen molar-refractivity contribution in [2.24, 2.45) is 16.3 Å². The summed E-state index contributed by atoms with van der Waals surface area (Å²) >= 11 is 2.43. The highest BCUT2D eigenvalue weighted by Gasteiger charge is 2.58. The first kappa shape index (κ1) is 31.8. The number of nitrogens with zero attached hydrogens (tertiary/aromatic N) is 3. The molecule has 3 atom stereocenters. The van der Waals surface area contributed by atoms with E-state index < -0.39 is 52.9 Å². The van der Waals surface area contributed by atoms with Gasteiger partial charge in [-0.15, -0.1) is 23.1 Å². The summed E-state index contributed by atoms with van der Waals surface area (Å²) in [7, 11) is 0. The topological polar surface area (TPSA) is 174 Å². The van der Waals surface area contributed by atoms with Gasteiger partial charge in [0.15, 0.2) is 5.71 Å². The molecule has 0 spiro atoms. The van der Waals surface area contributed by atoms with Crippen molar-refractivity contribution >= 4 is 52.7 Å². The van der Waals surface area contributed by atoms with E-state index in [9.17, 15) is 24.3 Å². The number of carboxylic acid groups (broad SMARTS) is 1. The molecule has 0 bridgehead atoms. The van der Waals surface area contributed by atoms with Gasteiger partial charge in [0, 0.05) is 34.4 Å². The van der Waals surface area contributed by atoms with Gasteiger partial charge in [-0.25, -0.2) is 9.78 Å². The van der Waals surface area contributed by atoms with E-state index in [1.165, 1.54) is 28.0 Å². The number of carbonyl (C=O) groups excluding carboxylic acids is 3. The summed E-state index contributed by atoms with van der Waals surface area (Å²) in [6.07, 6.45) is -1.11. The van der Waals surface area contributed by atoms with Gasteiger partial charge in [-0.05, 0) is 0 Å². The Morgan fingerprint density at radius 3 is 2.06 bits per heavy atom. The van der Waals surface area contributed by atoms with Crippen molar-refractivity contribution in [3.05, 3.63) is 124 Å². The first-order chi connectivity index (χ1) is 22.7. The number of oxime groups is 1. The lowest BCUT2D eigenvalue weighted by Crippen LogP contribution is -2.74. The van der Waals surface area contributed by atoms with Gasteiger partial charge in [0.1, 0.15) is 29.1 Å². The second-order valence-electron chi connectivity index (χ2n) is 11.0. The van der Waals surface area contributed by atoms with Gasteiger partial charge < -0.3 is 30.6 Å². The average Bonchev–Trinajstić information content (AvgIpc) is 3.64. The molecule has 0 radical (unpaired) electrons. The number of fused-ring (bicyclic) bond motifs is 1. The first-order valence-corrected chi connectivity index (χ1v) is 16.4. The van der Waals surface area contributed by atoms with Crippen LogP contribution in [0.15, 0.2) is 107 Å². The van der Waals surface area contributed by atoms with Crippen molar-refractivity contribution in [1.82, 2.24) is 15.2 Å². The maximum absolute atomic E-state index is 13.9. The molecule has 4 N–H and O–H groups in total. The summed E-state index contributed by atoms with van der Waals surface area (Å²) in [5.74, 6) is -2.37. The predicted octanol–water partition coefficient (Wildman–Crippen LogP) is 3.42. The van der Waals surface area contributed by atoms with Gasteiger partial charge in [-0.2, -0.15) is 0 Å². The highest BCUT2D eigenvalue weighted by molar-refractivity contribution is 8.00. The van der Waals surface area contributed by atoms with Crippen molar-refractivity contribution in [2.75, 3.05) is 18.9 Å². The van der Waals surface area contributed by atoms with Crippen LogP contribution < -0.4 is 11.1 Å². The number of thioether (sulfide) groups is 1. The van der Waals surface area contributed by atoms with Crippen LogP contribution in [0.3, 0.4) is 0 Å². The highest BCUT2D eigenvalue weighted by atomic mass is 32.2. The van der Waals surface area contributed by atoms with Crippen molar-refractivity contribution in [1.29, 1.82) is 0 Å². The smallest absolute Gasteiger partial charge is 0.404 e. The molecule has 6 rings (SSSR count). The maximum Gasteiger partial charge on any atom is 0.404 e. The van der Waals surface area contributed by atoms with Gasteiger partial charge in [-0.1, -0.05) is 96.2 Å². The Morgan fingerprint density at radius 2 is 1.57 bits per heavy atom. The van der Waals surface area contributed by atoms with Crippen molar-refractivity contribution in [3.8, 4) is 0 Å². The lowest BCUT2D eigenvalue weighted by atomic mass is 9.80. The number of benzene rings is 3. The van der Waals surface area contributed by atoms with E-state index in [-0.39, 0.29) is 23.7 Å². The number of rotatable bonds is 11. The van der Waals surface area contributed by atoms with E-state index in [1.807, 2.05) is 91.0 Å². The molecule has 3 heterocycles. The van der Waals surface area contributed by atoms with Crippen LogP contribution in [-0.2, 0) is 29.6 Å². The average molecular weight is 672 g/mol. The molecule has 2 aliphatic heterocycles. The fourth-order valence-corrected chi connectivity index (χ4v) is 7.71. The van der Waals surface area contributed by atoms with Crippen LogP contribution in [0.25, 0.3) is 0 Å². The van der Waals surface area contributed by atoms with Crippen LogP contribution in [0.4, 0.5) is 4.79 Å². The summed E-state index contributed by atoms with van der Waals surface area (Å²) in [4.78, 5) is 62.6. The minimum absolute atomic E-state index is 0.0281. The van der Waals surface area contributed by atoms with Crippen molar-refractivity contribution in [2.45, 2.75) is 17.0 Å². The predicted molar refractivity (Wildman–Crippen MR) is 174 cm³/mol. The number of carboxylic acids is 1. The standard InChI is InChI=1S/C33H29N5O7S2/c34-31(43)44-18-32(30(41)42)17-38-28(40)26(29(38)47-19-32)36-27(39)25(24-16-46-20-35-24)37-45-33(21-10-4-1-5-11-21,22-12-6-2-7-13-22)23-14-8-3-9-15-23/h1-16,20,26,29H,17-19H2,(H2,34,43)(H,36,39)(H,41,42)/t26?,29-,32?/m1/s1. The van der Waals surface area contributed by atoms with E-state index >= 15 is 0 Å². The second kappa shape index (κ2) is 13.3. The fraction of sp³-hybridized carbons (Fsp3) is 0.212. The molecule has 2 fully saturated rings. The number of carbonyl (C=O) groups is 4. The minimum atomic E-state index is -1.53. The number of thiazole rings is 1. The third-order valence-corrected chi connectivity index (χ3v) is 10.3. The molecule has 3 aromatic carbocycles. The molecule has 3 amide bonds. The Hall–Kier alpha value is -5.21. The molecule has 0 saturated carbocycles. The molecular formula is C33H29N5O7S2. The lowest BCUT2D eigenvalue weighted by Gasteiger charge is -2.53. The van der Waals surface area contributed by atoms with Gasteiger partial charge in [0.2, 0.25) is 11.5 Å². The number of β-lactam (4-membered cyclic amide) rings is 1. The number of amides is 3. The number of nitrogens with one attached hydrogen (secondary N) is 1. The normalized spacial score (nSPS) is 20.8. The fourth-order valence-electron chi connectivity index (χ4n) is 5.65. The molecule has 4 aromatic rings. The number of hydrogen-bond donors (Lipinski definition) is 3. The number of primary amides is 1. The van der Waals surface area contributed by atoms with Crippen LogP contribution in [0.5, 0.6) is 0 Å². The van der Waals surface area contributed by atoms with Crippen molar-refractivity contribution in [3.63, 3.8) is 0 Å². The van der Waals surface area contributed by atoms with E-state index in [2.05, 4.69) is 15.5 Å². The zero-order valence-electron chi connectivity index (χ0n) is 24.7. The van der Waals surface area contributed by atoms with Gasteiger partial charge in [-0.3, -0.25) is 14.4 Å². The summed E-state index contributed by atoms with van der Waals surface area (Å²) in [6.45, 7) is -0.690. The monoisotopic (exact) mass is 671 g/mol. The molecule has 2 aliphatic rings. The van der Waals surface area contributed by atoms with E-state index in [4.69, 9.17) is 15.3 Å². The molecule has 14 heteroatoms.